The summed E-state index contributed by atoms with van der Waals surface area (Å²) in [5, 5.41) is 0. The predicted octanol–water partition coefficient (Wildman–Crippen LogP) is 0.189. The highest BCUT2D eigenvalue weighted by Gasteiger charge is 2.50. The molecule has 0 aromatic carbocycles. The smallest absolute Gasteiger partial charge is 0.420 e. The lowest BCUT2D eigenvalue weighted by atomic mass is 9.87. The minimum Gasteiger partial charge on any atom is -0.420 e. The van der Waals surface area contributed by atoms with Crippen molar-refractivity contribution in [3.8, 4) is 0 Å². The van der Waals surface area contributed by atoms with Gasteiger partial charge in [-0.1, -0.05) is 20.8 Å². The third-order valence-corrected chi connectivity index (χ3v) is 3.43. The first-order valence-electron chi connectivity index (χ1n) is 6.17. The zero-order chi connectivity index (χ0) is 12.9. The van der Waals surface area contributed by atoms with Crippen molar-refractivity contribution < 1.29 is 15.3 Å². The molecule has 4 nitrogen and oxygen atoms in total. The lowest BCUT2D eigenvalue weighted by Gasteiger charge is -2.23. The molecule has 0 rings (SSSR count). The fraction of sp³-hybridized carbons (Fsp3) is 0.917. The van der Waals surface area contributed by atoms with Crippen molar-refractivity contribution >= 4 is 5.78 Å². The molecule has 16 heavy (non-hydrogen) atoms. The van der Waals surface area contributed by atoms with Crippen molar-refractivity contribution in [2.45, 2.75) is 65.3 Å². The minimum atomic E-state index is -0.898. The standard InChI is InChI=1S/C12H26N2O2/c1-6-8(3)12(13,14)11(15)10(5)16-9(4)7-2/h8-10H,6-7,13-14H2,1-5H3/p+3. The number of rotatable bonds is 7. The van der Waals surface area contributed by atoms with Crippen LogP contribution in [0.15, 0.2) is 0 Å². The van der Waals surface area contributed by atoms with Gasteiger partial charge in [0.15, 0.2) is 6.10 Å². The lowest BCUT2D eigenvalue weighted by molar-refractivity contribution is -0.465. The quantitative estimate of drug-likeness (QED) is 0.477. The summed E-state index contributed by atoms with van der Waals surface area (Å²) in [5.41, 5.74) is 9.10. The number of hydrogen-bond acceptors (Lipinski definition) is 1. The zero-order valence-corrected chi connectivity index (χ0v) is 11.3. The van der Waals surface area contributed by atoms with Gasteiger partial charge in [-0.2, -0.15) is 0 Å². The average molecular weight is 233 g/mol. The summed E-state index contributed by atoms with van der Waals surface area (Å²) in [6.07, 6.45) is 1.85. The van der Waals surface area contributed by atoms with Gasteiger partial charge in [-0.25, -0.2) is 0 Å². The van der Waals surface area contributed by atoms with Gasteiger partial charge in [0.25, 0.3) is 11.8 Å². The summed E-state index contributed by atoms with van der Waals surface area (Å²) in [5.74, 6) is 0.337. The van der Waals surface area contributed by atoms with E-state index in [2.05, 4.69) is 17.4 Å². The minimum absolute atomic E-state index is 0.141. The number of quaternary nitrogens is 1. The van der Waals surface area contributed by atoms with Crippen LogP contribution in [0.2, 0.25) is 0 Å². The van der Waals surface area contributed by atoms with Gasteiger partial charge in [0.05, 0.1) is 0 Å². The Kier molecular flexibility index (Phi) is 6.15. The molecule has 0 radical (unpaired) electrons. The molecule has 0 aromatic heterocycles. The van der Waals surface area contributed by atoms with Crippen molar-refractivity contribution in [2.75, 3.05) is 0 Å². The van der Waals surface area contributed by atoms with Crippen LogP contribution in [0.5, 0.6) is 0 Å². The molecule has 0 fully saturated rings. The first-order chi connectivity index (χ1) is 7.27. The SMILES string of the molecule is CCC(C)[OH+]C(C)C(=[OH+])C(N)([NH3+])C(C)CC. The Morgan fingerprint density at radius 2 is 1.81 bits per heavy atom. The summed E-state index contributed by atoms with van der Waals surface area (Å²) >= 11 is 0. The normalized spacial score (nSPS) is 20.9. The Labute approximate surface area is 98.7 Å². The molecule has 4 unspecified atom stereocenters. The monoisotopic (exact) mass is 233 g/mol. The van der Waals surface area contributed by atoms with Gasteiger partial charge < -0.3 is 10.5 Å². The van der Waals surface area contributed by atoms with Crippen LogP contribution in [-0.4, -0.2) is 33.2 Å². The second-order valence-corrected chi connectivity index (χ2v) is 4.82. The molecule has 7 N–H and O–H groups in total. The van der Waals surface area contributed by atoms with Gasteiger partial charge in [0, 0.05) is 26.2 Å². The molecule has 0 saturated carbocycles. The van der Waals surface area contributed by atoms with E-state index in [9.17, 15) is 4.79 Å². The molecule has 0 bridgehead atoms. The molecule has 0 aliphatic heterocycles. The Morgan fingerprint density at radius 3 is 2.19 bits per heavy atom. The second kappa shape index (κ2) is 6.33. The maximum atomic E-state index is 10.1. The van der Waals surface area contributed by atoms with Crippen molar-refractivity contribution in [1.29, 1.82) is 0 Å². The number of nitrogens with two attached hydrogens (primary N) is 1. The molecule has 4 atom stereocenters. The molecular formula is C12H29N2O2+3. The molecule has 0 aliphatic carbocycles. The van der Waals surface area contributed by atoms with Gasteiger partial charge in [0.2, 0.25) is 0 Å². The third-order valence-electron chi connectivity index (χ3n) is 3.43. The highest BCUT2D eigenvalue weighted by Crippen LogP contribution is 2.14. The Balaban J connectivity index is 4.53. The van der Waals surface area contributed by atoms with Crippen molar-refractivity contribution in [3.63, 3.8) is 0 Å². The van der Waals surface area contributed by atoms with Crippen LogP contribution in [0.3, 0.4) is 0 Å². The number of hydrogen-bond donors (Lipinski definition) is 2. The van der Waals surface area contributed by atoms with Gasteiger partial charge >= 0.3 is 5.78 Å². The van der Waals surface area contributed by atoms with Crippen LogP contribution in [0.25, 0.3) is 0 Å². The summed E-state index contributed by atoms with van der Waals surface area (Å²) in [6.45, 7) is 10.0. The highest BCUT2D eigenvalue weighted by molar-refractivity contribution is 5.90. The van der Waals surface area contributed by atoms with Crippen molar-refractivity contribution in [2.24, 2.45) is 11.7 Å². The molecular weight excluding hydrogens is 204 g/mol. The molecule has 0 amide bonds. The molecule has 0 spiro atoms. The Bertz CT molecular complexity index is 229. The highest BCUT2D eigenvalue weighted by atomic mass is 16.5. The number of aliphatic hydroxyl groups is 2. The maximum absolute atomic E-state index is 10.1. The van der Waals surface area contributed by atoms with Crippen LogP contribution in [0.4, 0.5) is 0 Å². The van der Waals surface area contributed by atoms with E-state index in [1.54, 1.807) is 0 Å². The van der Waals surface area contributed by atoms with Crippen LogP contribution >= 0.6 is 0 Å². The van der Waals surface area contributed by atoms with E-state index in [1.165, 1.54) is 0 Å². The van der Waals surface area contributed by atoms with Crippen LogP contribution in [0, 0.1) is 5.92 Å². The topological polar surface area (TPSA) is 87.9 Å². The number of ketones is 1. The molecule has 4 heteroatoms. The number of carbonyl (C=O) groups excluding carboxylic acids is 1. The predicted molar refractivity (Wildman–Crippen MR) is 67.6 cm³/mol. The summed E-state index contributed by atoms with van der Waals surface area (Å²) < 4.78 is 4.47. The van der Waals surface area contributed by atoms with E-state index in [0.717, 1.165) is 12.8 Å². The Hall–Kier alpha value is -0.450. The largest absolute Gasteiger partial charge is 0.445 e. The third kappa shape index (κ3) is 3.85. The van der Waals surface area contributed by atoms with Gasteiger partial charge in [-0.05, 0) is 6.42 Å². The van der Waals surface area contributed by atoms with Gasteiger partial charge in [0.1, 0.15) is 0 Å². The first kappa shape index (κ1) is 15.6. The zero-order valence-electron chi connectivity index (χ0n) is 11.3. The maximum Gasteiger partial charge on any atom is 0.445 e. The van der Waals surface area contributed by atoms with E-state index in [4.69, 9.17) is 5.73 Å². The van der Waals surface area contributed by atoms with Crippen molar-refractivity contribution in [3.05, 3.63) is 0 Å². The molecule has 96 valence electrons. The van der Waals surface area contributed by atoms with Gasteiger partial charge in [-0.15, -0.1) is 0 Å². The van der Waals surface area contributed by atoms with E-state index >= 15 is 0 Å². The van der Waals surface area contributed by atoms with Crippen molar-refractivity contribution in [1.82, 2.24) is 0 Å². The summed E-state index contributed by atoms with van der Waals surface area (Å²) in [6, 6.07) is 0. The second-order valence-electron chi connectivity index (χ2n) is 4.82. The molecule has 0 aromatic rings. The van der Waals surface area contributed by atoms with E-state index < -0.39 is 5.66 Å². The number of ether oxygens (including phenoxy) is 1. The fourth-order valence-corrected chi connectivity index (χ4v) is 1.56. The van der Waals surface area contributed by atoms with Crippen LogP contribution < -0.4 is 11.5 Å². The van der Waals surface area contributed by atoms with E-state index in [-0.39, 0.29) is 23.9 Å². The van der Waals surface area contributed by atoms with Crippen LogP contribution in [-0.2, 0) is 0 Å². The lowest BCUT2D eigenvalue weighted by Crippen LogP contribution is -2.86. The van der Waals surface area contributed by atoms with Gasteiger partial charge in [-0.3, -0.25) is 10.5 Å². The molecule has 0 saturated heterocycles. The summed E-state index contributed by atoms with van der Waals surface area (Å²) in [7, 11) is 0. The fourth-order valence-electron chi connectivity index (χ4n) is 1.56. The molecule has 0 heterocycles. The van der Waals surface area contributed by atoms with E-state index in [0.29, 0.717) is 0 Å². The van der Waals surface area contributed by atoms with E-state index in [1.807, 2.05) is 27.7 Å². The molecule has 0 aliphatic rings. The Morgan fingerprint density at radius 1 is 1.31 bits per heavy atom. The average Bonchev–Trinajstić information content (AvgIpc) is 2.26. The first-order valence-corrected chi connectivity index (χ1v) is 6.17. The van der Waals surface area contributed by atoms with Crippen LogP contribution in [0.1, 0.15) is 47.5 Å². The summed E-state index contributed by atoms with van der Waals surface area (Å²) in [4.78, 5) is 10.1.